The van der Waals surface area contributed by atoms with E-state index in [0.717, 1.165) is 11.3 Å². The molecule has 0 aliphatic heterocycles. The molecule has 0 amide bonds. The zero-order valence-electron chi connectivity index (χ0n) is 18.7. The van der Waals surface area contributed by atoms with Crippen LogP contribution in [0.3, 0.4) is 0 Å². The van der Waals surface area contributed by atoms with Gasteiger partial charge in [-0.05, 0) is 50.6 Å². The molecule has 1 atom stereocenters. The Bertz CT molecular complexity index is 973. The molecule has 0 saturated heterocycles. The van der Waals surface area contributed by atoms with E-state index in [2.05, 4.69) is 30.8 Å². The number of pyridine rings is 1. The van der Waals surface area contributed by atoms with Gasteiger partial charge in [-0.3, -0.25) is 9.98 Å². The quantitative estimate of drug-likeness (QED) is 0.327. The van der Waals surface area contributed by atoms with Crippen LogP contribution >= 0.6 is 0 Å². The SMILES string of the molecule is CCNC(=NCC(O)c1ccc(OC(C)C)cc1)NCCc1noc(-c2ccccn2)n1. The van der Waals surface area contributed by atoms with E-state index in [1.165, 1.54) is 0 Å². The number of guanidine groups is 1. The van der Waals surface area contributed by atoms with Gasteiger partial charge in [-0.25, -0.2) is 0 Å². The summed E-state index contributed by atoms with van der Waals surface area (Å²) in [6, 6.07) is 12.9. The number of nitrogens with one attached hydrogen (secondary N) is 2. The van der Waals surface area contributed by atoms with Crippen molar-refractivity contribution < 1.29 is 14.4 Å². The normalized spacial score (nSPS) is 12.6. The molecule has 9 nitrogen and oxygen atoms in total. The average Bonchev–Trinajstić information content (AvgIpc) is 3.27. The molecule has 0 spiro atoms. The van der Waals surface area contributed by atoms with Crippen LogP contribution in [0.1, 0.15) is 38.3 Å². The summed E-state index contributed by atoms with van der Waals surface area (Å²) in [5.41, 5.74) is 1.43. The molecule has 9 heteroatoms. The number of aromatic nitrogens is 3. The summed E-state index contributed by atoms with van der Waals surface area (Å²) in [7, 11) is 0. The molecule has 3 rings (SSSR count). The standard InChI is InChI=1S/C23H30N6O3/c1-4-24-23(27-15-20(30)17-8-10-18(11-9-17)31-16(2)3)26-14-12-21-28-22(32-29-21)19-7-5-6-13-25-19/h5-11,13,16,20,30H,4,12,14-15H2,1-3H3,(H2,24,26,27). The van der Waals surface area contributed by atoms with E-state index in [9.17, 15) is 5.11 Å². The van der Waals surface area contributed by atoms with Crippen LogP contribution in [0.15, 0.2) is 58.2 Å². The monoisotopic (exact) mass is 438 g/mol. The lowest BCUT2D eigenvalue weighted by Crippen LogP contribution is -2.38. The zero-order chi connectivity index (χ0) is 22.8. The van der Waals surface area contributed by atoms with Crippen LogP contribution in [-0.2, 0) is 6.42 Å². The topological polar surface area (TPSA) is 118 Å². The molecule has 32 heavy (non-hydrogen) atoms. The van der Waals surface area contributed by atoms with Gasteiger partial charge in [0.05, 0.1) is 18.8 Å². The molecule has 0 aliphatic rings. The van der Waals surface area contributed by atoms with Crippen molar-refractivity contribution in [1.29, 1.82) is 0 Å². The lowest BCUT2D eigenvalue weighted by molar-refractivity contribution is 0.186. The Morgan fingerprint density at radius 1 is 1.16 bits per heavy atom. The van der Waals surface area contributed by atoms with Crippen LogP contribution in [0, 0.1) is 0 Å². The van der Waals surface area contributed by atoms with Gasteiger partial charge in [-0.1, -0.05) is 23.4 Å². The third kappa shape index (κ3) is 7.05. The van der Waals surface area contributed by atoms with E-state index in [0.29, 0.717) is 42.9 Å². The Kier molecular flexibility index (Phi) is 8.56. The summed E-state index contributed by atoms with van der Waals surface area (Å²) < 4.78 is 10.9. The molecule has 0 bridgehead atoms. The van der Waals surface area contributed by atoms with E-state index in [1.807, 2.05) is 63.2 Å². The number of nitrogens with zero attached hydrogens (tertiary/aromatic N) is 4. The van der Waals surface area contributed by atoms with Gasteiger partial charge in [0.1, 0.15) is 11.4 Å². The maximum absolute atomic E-state index is 10.5. The van der Waals surface area contributed by atoms with Gasteiger partial charge >= 0.3 is 0 Å². The highest BCUT2D eigenvalue weighted by atomic mass is 16.5. The van der Waals surface area contributed by atoms with E-state index in [-0.39, 0.29) is 12.6 Å². The predicted octanol–water partition coefficient (Wildman–Crippen LogP) is 2.75. The third-order valence-electron chi connectivity index (χ3n) is 4.40. The second-order valence-corrected chi connectivity index (χ2v) is 7.38. The van der Waals surface area contributed by atoms with Crippen molar-refractivity contribution in [2.24, 2.45) is 4.99 Å². The largest absolute Gasteiger partial charge is 0.491 e. The van der Waals surface area contributed by atoms with Crippen molar-refractivity contribution in [3.05, 3.63) is 60.0 Å². The highest BCUT2D eigenvalue weighted by molar-refractivity contribution is 5.79. The smallest absolute Gasteiger partial charge is 0.276 e. The van der Waals surface area contributed by atoms with Crippen molar-refractivity contribution in [3.63, 3.8) is 0 Å². The first-order valence-electron chi connectivity index (χ1n) is 10.8. The molecule has 1 unspecified atom stereocenters. The molecular weight excluding hydrogens is 408 g/mol. The second kappa shape index (κ2) is 11.8. The zero-order valence-corrected chi connectivity index (χ0v) is 18.7. The van der Waals surface area contributed by atoms with Crippen LogP contribution in [0.4, 0.5) is 0 Å². The summed E-state index contributed by atoms with van der Waals surface area (Å²) in [6.07, 6.45) is 1.64. The molecule has 0 radical (unpaired) electrons. The third-order valence-corrected chi connectivity index (χ3v) is 4.40. The van der Waals surface area contributed by atoms with Crippen molar-refractivity contribution in [2.45, 2.75) is 39.4 Å². The molecular formula is C23H30N6O3. The number of benzene rings is 1. The number of ether oxygens (including phenoxy) is 1. The Morgan fingerprint density at radius 3 is 2.66 bits per heavy atom. The van der Waals surface area contributed by atoms with E-state index in [4.69, 9.17) is 9.26 Å². The van der Waals surface area contributed by atoms with Crippen LogP contribution in [0.5, 0.6) is 5.75 Å². The van der Waals surface area contributed by atoms with Crippen LogP contribution in [-0.4, -0.2) is 51.9 Å². The second-order valence-electron chi connectivity index (χ2n) is 7.38. The Hall–Kier alpha value is -3.46. The van der Waals surface area contributed by atoms with Crippen LogP contribution < -0.4 is 15.4 Å². The highest BCUT2D eigenvalue weighted by Crippen LogP contribution is 2.19. The van der Waals surface area contributed by atoms with Gasteiger partial charge in [0, 0.05) is 25.7 Å². The first kappa shape index (κ1) is 23.2. The summed E-state index contributed by atoms with van der Waals surface area (Å²) in [5.74, 6) is 2.37. The lowest BCUT2D eigenvalue weighted by atomic mass is 10.1. The summed E-state index contributed by atoms with van der Waals surface area (Å²) in [4.78, 5) is 13.1. The van der Waals surface area contributed by atoms with Gasteiger partial charge in [-0.2, -0.15) is 4.98 Å². The Balaban J connectivity index is 1.51. The summed E-state index contributed by atoms with van der Waals surface area (Å²) in [6.45, 7) is 7.43. The molecule has 0 saturated carbocycles. The number of aliphatic imine (C=N–C) groups is 1. The predicted molar refractivity (Wildman–Crippen MR) is 122 cm³/mol. The highest BCUT2D eigenvalue weighted by Gasteiger charge is 2.11. The number of hydrogen-bond donors (Lipinski definition) is 3. The van der Waals surface area contributed by atoms with Crippen LogP contribution in [0.2, 0.25) is 0 Å². The van der Waals surface area contributed by atoms with E-state index < -0.39 is 6.10 Å². The Morgan fingerprint density at radius 2 is 1.97 bits per heavy atom. The number of aliphatic hydroxyl groups is 1. The fourth-order valence-corrected chi connectivity index (χ4v) is 2.91. The van der Waals surface area contributed by atoms with E-state index >= 15 is 0 Å². The summed E-state index contributed by atoms with van der Waals surface area (Å²) >= 11 is 0. The lowest BCUT2D eigenvalue weighted by Gasteiger charge is -2.14. The minimum absolute atomic E-state index is 0.109. The van der Waals surface area contributed by atoms with Crippen molar-refractivity contribution in [1.82, 2.24) is 25.8 Å². The van der Waals surface area contributed by atoms with Gasteiger partial charge in [0.25, 0.3) is 5.89 Å². The molecule has 2 heterocycles. The van der Waals surface area contributed by atoms with Gasteiger partial charge in [0.2, 0.25) is 0 Å². The van der Waals surface area contributed by atoms with Gasteiger partial charge < -0.3 is 25.0 Å². The minimum Gasteiger partial charge on any atom is -0.491 e. The van der Waals surface area contributed by atoms with Crippen molar-refractivity contribution in [2.75, 3.05) is 19.6 Å². The molecule has 0 aliphatic carbocycles. The van der Waals surface area contributed by atoms with Gasteiger partial charge in [-0.15, -0.1) is 0 Å². The number of aliphatic hydroxyl groups excluding tert-OH is 1. The average molecular weight is 439 g/mol. The maximum Gasteiger partial charge on any atom is 0.276 e. The molecule has 170 valence electrons. The Labute approximate surface area is 188 Å². The van der Waals surface area contributed by atoms with Gasteiger partial charge in [0.15, 0.2) is 11.8 Å². The van der Waals surface area contributed by atoms with Crippen molar-refractivity contribution >= 4 is 5.96 Å². The van der Waals surface area contributed by atoms with E-state index in [1.54, 1.807) is 6.20 Å². The maximum atomic E-state index is 10.5. The first-order valence-corrected chi connectivity index (χ1v) is 10.8. The molecule has 1 aromatic carbocycles. The fraction of sp³-hybridized carbons (Fsp3) is 0.391. The van der Waals surface area contributed by atoms with Crippen LogP contribution in [0.25, 0.3) is 11.6 Å². The molecule has 3 N–H and O–H groups in total. The molecule has 2 aromatic heterocycles. The number of rotatable bonds is 10. The molecule has 0 fully saturated rings. The summed E-state index contributed by atoms with van der Waals surface area (Å²) in [5, 5.41) is 20.9. The molecule has 3 aromatic rings. The first-order chi connectivity index (χ1) is 15.5. The fourth-order valence-electron chi connectivity index (χ4n) is 2.91. The minimum atomic E-state index is -0.711. The number of hydrogen-bond acceptors (Lipinski definition) is 7. The van der Waals surface area contributed by atoms with Crippen molar-refractivity contribution in [3.8, 4) is 17.3 Å².